The van der Waals surface area contributed by atoms with Crippen molar-refractivity contribution in [1.29, 1.82) is 0 Å². The summed E-state index contributed by atoms with van der Waals surface area (Å²) in [6, 6.07) is 7.85. The molecule has 0 unspecified atom stereocenters. The van der Waals surface area contributed by atoms with E-state index in [2.05, 4.69) is 15.2 Å². The number of nitrogens with zero attached hydrogens (tertiary/aromatic N) is 6. The molecule has 0 aromatic carbocycles. The molecule has 0 N–H and O–H groups in total. The van der Waals surface area contributed by atoms with Gasteiger partial charge in [-0.25, -0.2) is 9.50 Å². The second kappa shape index (κ2) is 6.72. The van der Waals surface area contributed by atoms with Crippen LogP contribution in [0.5, 0.6) is 0 Å². The third-order valence-electron chi connectivity index (χ3n) is 4.17. The highest BCUT2D eigenvalue weighted by atomic mass is 32.1. The van der Waals surface area contributed by atoms with Crippen molar-refractivity contribution in [1.82, 2.24) is 29.3 Å². The number of hydrogen-bond acceptors (Lipinski definition) is 5. The molecule has 0 radical (unpaired) electrons. The fourth-order valence-electron chi connectivity index (χ4n) is 2.84. The third kappa shape index (κ3) is 2.88. The molecule has 0 saturated carbocycles. The average molecular weight is 366 g/mol. The van der Waals surface area contributed by atoms with Crippen molar-refractivity contribution in [2.24, 2.45) is 0 Å². The second-order valence-electron chi connectivity index (χ2n) is 5.93. The highest BCUT2D eigenvalue weighted by molar-refractivity contribution is 7.13. The number of aryl methyl sites for hydroxylation is 1. The van der Waals surface area contributed by atoms with Crippen molar-refractivity contribution in [2.45, 2.75) is 20.0 Å². The molecule has 4 heterocycles. The van der Waals surface area contributed by atoms with Gasteiger partial charge >= 0.3 is 0 Å². The molecule has 0 atom stereocenters. The first-order chi connectivity index (χ1) is 12.7. The predicted octanol–water partition coefficient (Wildman–Crippen LogP) is 2.95. The van der Waals surface area contributed by atoms with Crippen LogP contribution >= 0.6 is 11.3 Å². The molecular weight excluding hydrogens is 348 g/mol. The minimum Gasteiger partial charge on any atom is -0.336 e. The average Bonchev–Trinajstić information content (AvgIpc) is 3.40. The van der Waals surface area contributed by atoms with Gasteiger partial charge in [0.05, 0.1) is 29.0 Å². The Hall–Kier alpha value is -3.00. The summed E-state index contributed by atoms with van der Waals surface area (Å²) in [4.78, 5) is 20.0. The Morgan fingerprint density at radius 1 is 1.31 bits per heavy atom. The summed E-state index contributed by atoms with van der Waals surface area (Å²) in [5.41, 5.74) is 2.83. The SMILES string of the molecule is CCn1ccc(CN(C)C(=O)c2cnn3c(-c4cccs4)ccnc23)n1. The zero-order chi connectivity index (χ0) is 18.1. The smallest absolute Gasteiger partial charge is 0.259 e. The molecule has 1 amide bonds. The van der Waals surface area contributed by atoms with Crippen LogP contribution in [0.4, 0.5) is 0 Å². The van der Waals surface area contributed by atoms with E-state index in [0.717, 1.165) is 22.8 Å². The first-order valence-electron chi connectivity index (χ1n) is 8.31. The summed E-state index contributed by atoms with van der Waals surface area (Å²) >= 11 is 1.63. The lowest BCUT2D eigenvalue weighted by molar-refractivity contribution is 0.0785. The van der Waals surface area contributed by atoms with Crippen molar-refractivity contribution in [3.05, 3.63) is 59.5 Å². The summed E-state index contributed by atoms with van der Waals surface area (Å²) in [6.45, 7) is 3.27. The molecule has 7 nitrogen and oxygen atoms in total. The molecule has 0 bridgehead atoms. The molecule has 4 rings (SSSR count). The lowest BCUT2D eigenvalue weighted by Crippen LogP contribution is -2.26. The van der Waals surface area contributed by atoms with Crippen molar-refractivity contribution in [3.8, 4) is 10.6 Å². The lowest BCUT2D eigenvalue weighted by Gasteiger charge is -2.15. The largest absolute Gasteiger partial charge is 0.336 e. The molecule has 0 saturated heterocycles. The maximum Gasteiger partial charge on any atom is 0.259 e. The van der Waals surface area contributed by atoms with E-state index in [-0.39, 0.29) is 5.91 Å². The Kier molecular flexibility index (Phi) is 4.26. The number of thiophene rings is 1. The van der Waals surface area contributed by atoms with Gasteiger partial charge < -0.3 is 4.90 Å². The number of aromatic nitrogens is 5. The molecule has 0 aliphatic heterocycles. The van der Waals surface area contributed by atoms with Crippen molar-refractivity contribution >= 4 is 22.9 Å². The van der Waals surface area contributed by atoms with E-state index in [4.69, 9.17) is 0 Å². The fourth-order valence-corrected chi connectivity index (χ4v) is 3.57. The minimum absolute atomic E-state index is 0.123. The molecule has 0 fully saturated rings. The normalized spacial score (nSPS) is 11.2. The van der Waals surface area contributed by atoms with Gasteiger partial charge in [-0.1, -0.05) is 6.07 Å². The number of rotatable bonds is 5. The maximum atomic E-state index is 12.9. The Labute approximate surface area is 154 Å². The van der Waals surface area contributed by atoms with Crippen LogP contribution in [0, 0.1) is 0 Å². The van der Waals surface area contributed by atoms with Crippen molar-refractivity contribution in [3.63, 3.8) is 0 Å². The first-order valence-corrected chi connectivity index (χ1v) is 9.19. The van der Waals surface area contributed by atoms with Crippen LogP contribution in [0.25, 0.3) is 16.2 Å². The van der Waals surface area contributed by atoms with E-state index in [1.807, 2.05) is 47.4 Å². The quantitative estimate of drug-likeness (QED) is 0.545. The molecule has 0 aliphatic carbocycles. The van der Waals surface area contributed by atoms with Gasteiger partial charge in [0.25, 0.3) is 5.91 Å². The van der Waals surface area contributed by atoms with Gasteiger partial charge in [0.15, 0.2) is 5.65 Å². The zero-order valence-electron chi connectivity index (χ0n) is 14.5. The highest BCUT2D eigenvalue weighted by Crippen LogP contribution is 2.25. The molecule has 132 valence electrons. The Bertz CT molecular complexity index is 1050. The van der Waals surface area contributed by atoms with Crippen LogP contribution in [-0.2, 0) is 13.1 Å². The van der Waals surface area contributed by atoms with Gasteiger partial charge in [-0.3, -0.25) is 9.48 Å². The molecule has 4 aromatic rings. The first kappa shape index (κ1) is 16.5. The van der Waals surface area contributed by atoms with Gasteiger partial charge in [0.1, 0.15) is 5.56 Å². The lowest BCUT2D eigenvalue weighted by atomic mass is 10.2. The second-order valence-corrected chi connectivity index (χ2v) is 6.87. The van der Waals surface area contributed by atoms with Crippen LogP contribution in [0.2, 0.25) is 0 Å². The van der Waals surface area contributed by atoms with Gasteiger partial charge in [-0.05, 0) is 30.5 Å². The summed E-state index contributed by atoms with van der Waals surface area (Å²) in [5.74, 6) is -0.123. The Morgan fingerprint density at radius 2 is 2.19 bits per heavy atom. The zero-order valence-corrected chi connectivity index (χ0v) is 15.3. The number of carbonyl (C=O) groups excluding carboxylic acids is 1. The molecular formula is C18H18N6OS. The monoisotopic (exact) mass is 366 g/mol. The Balaban J connectivity index is 1.64. The van der Waals surface area contributed by atoms with E-state index in [9.17, 15) is 4.79 Å². The molecule has 26 heavy (non-hydrogen) atoms. The van der Waals surface area contributed by atoms with Crippen LogP contribution in [0.1, 0.15) is 23.0 Å². The maximum absolute atomic E-state index is 12.9. The molecule has 4 aromatic heterocycles. The minimum atomic E-state index is -0.123. The summed E-state index contributed by atoms with van der Waals surface area (Å²) in [5, 5.41) is 10.8. The summed E-state index contributed by atoms with van der Waals surface area (Å²) < 4.78 is 3.57. The van der Waals surface area contributed by atoms with Crippen LogP contribution < -0.4 is 0 Å². The topological polar surface area (TPSA) is 68.3 Å². The predicted molar refractivity (Wildman–Crippen MR) is 100.0 cm³/mol. The summed E-state index contributed by atoms with van der Waals surface area (Å²) in [7, 11) is 1.76. The summed E-state index contributed by atoms with van der Waals surface area (Å²) in [6.07, 6.45) is 5.21. The van der Waals surface area contributed by atoms with Gasteiger partial charge in [-0.15, -0.1) is 11.3 Å². The van der Waals surface area contributed by atoms with E-state index in [1.54, 1.807) is 40.2 Å². The van der Waals surface area contributed by atoms with E-state index < -0.39 is 0 Å². The number of hydrogen-bond donors (Lipinski definition) is 0. The Morgan fingerprint density at radius 3 is 2.92 bits per heavy atom. The number of amides is 1. The molecule has 0 spiro atoms. The standard InChI is InChI=1S/C18H18N6OS/c1-3-23-9-7-13(21-23)12-22(2)18(25)14-11-20-24-15(6-8-19-17(14)24)16-5-4-10-26-16/h4-11H,3,12H2,1-2H3. The van der Waals surface area contributed by atoms with E-state index in [0.29, 0.717) is 17.8 Å². The number of carbonyl (C=O) groups is 1. The van der Waals surface area contributed by atoms with Crippen molar-refractivity contribution < 1.29 is 4.79 Å². The van der Waals surface area contributed by atoms with Crippen LogP contribution in [0.15, 0.2) is 48.2 Å². The van der Waals surface area contributed by atoms with Crippen LogP contribution in [-0.4, -0.2) is 42.2 Å². The number of fused-ring (bicyclic) bond motifs is 1. The van der Waals surface area contributed by atoms with Crippen LogP contribution in [0.3, 0.4) is 0 Å². The third-order valence-corrected chi connectivity index (χ3v) is 5.06. The highest BCUT2D eigenvalue weighted by Gasteiger charge is 2.20. The van der Waals surface area contributed by atoms with Crippen molar-refractivity contribution in [2.75, 3.05) is 7.05 Å². The van der Waals surface area contributed by atoms with Gasteiger partial charge in [0, 0.05) is 26.0 Å². The van der Waals surface area contributed by atoms with E-state index >= 15 is 0 Å². The molecule has 8 heteroatoms. The van der Waals surface area contributed by atoms with Gasteiger partial charge in [0.2, 0.25) is 0 Å². The fraction of sp³-hybridized carbons (Fsp3) is 0.222. The molecule has 0 aliphatic rings. The van der Waals surface area contributed by atoms with E-state index in [1.165, 1.54) is 0 Å². The van der Waals surface area contributed by atoms with Gasteiger partial charge in [-0.2, -0.15) is 10.2 Å².